The highest BCUT2D eigenvalue weighted by atomic mass is 16.5. The Labute approximate surface area is 157 Å². The van der Waals surface area contributed by atoms with Crippen LogP contribution in [0, 0.1) is 5.92 Å². The highest BCUT2D eigenvalue weighted by Gasteiger charge is 2.08. The molecule has 0 bridgehead atoms. The van der Waals surface area contributed by atoms with Gasteiger partial charge in [0.05, 0.1) is 7.11 Å². The van der Waals surface area contributed by atoms with Gasteiger partial charge in [-0.3, -0.25) is 0 Å². The van der Waals surface area contributed by atoms with Gasteiger partial charge < -0.3 is 9.84 Å². The van der Waals surface area contributed by atoms with Gasteiger partial charge in [0.2, 0.25) is 0 Å². The number of aliphatic hydroxyl groups is 1. The number of hydrogen-bond donors (Lipinski definition) is 1. The van der Waals surface area contributed by atoms with Gasteiger partial charge in [-0.2, -0.15) is 0 Å². The van der Waals surface area contributed by atoms with Gasteiger partial charge in [-0.15, -0.1) is 5.73 Å². The monoisotopic (exact) mass is 350 g/mol. The van der Waals surface area contributed by atoms with Crippen molar-refractivity contribution in [3.63, 3.8) is 0 Å². The first kappa shape index (κ1) is 19.9. The third kappa shape index (κ3) is 5.54. The molecular formula is C24H30O2. The molecule has 1 aliphatic carbocycles. The molecule has 0 saturated carbocycles. The van der Waals surface area contributed by atoms with E-state index >= 15 is 0 Å². The molecule has 0 aromatic heterocycles. The number of aliphatic hydroxyl groups excluding tert-OH is 1. The van der Waals surface area contributed by atoms with Gasteiger partial charge in [-0.25, -0.2) is 0 Å². The van der Waals surface area contributed by atoms with E-state index in [-0.39, 0.29) is 5.76 Å². The molecule has 1 aromatic rings. The molecule has 138 valence electrons. The van der Waals surface area contributed by atoms with Crippen molar-refractivity contribution in [2.24, 2.45) is 5.92 Å². The summed E-state index contributed by atoms with van der Waals surface area (Å²) in [6.45, 7) is 5.60. The Balaban J connectivity index is 2.27. The van der Waals surface area contributed by atoms with E-state index in [1.54, 1.807) is 13.2 Å². The summed E-state index contributed by atoms with van der Waals surface area (Å²) in [5.41, 5.74) is 3.73. The van der Waals surface area contributed by atoms with E-state index in [9.17, 15) is 5.11 Å². The van der Waals surface area contributed by atoms with Crippen molar-refractivity contribution in [2.45, 2.75) is 45.4 Å². The third-order valence-corrected chi connectivity index (χ3v) is 4.93. The molecule has 0 heterocycles. The first-order valence-electron chi connectivity index (χ1n) is 9.45. The van der Waals surface area contributed by atoms with Crippen LogP contribution in [0.1, 0.15) is 45.4 Å². The lowest BCUT2D eigenvalue weighted by molar-refractivity contribution is 0.414. The molecule has 0 spiro atoms. The van der Waals surface area contributed by atoms with Crippen LogP contribution in [0.15, 0.2) is 60.9 Å². The molecular weight excluding hydrogens is 320 g/mol. The standard InChI is InChI=1S/C24H30O2/c1-4-20-16-17-21(26-3)18-23(20)22(24(25)5-2)15-11-10-14-19-12-8-6-7-9-13-19/h5-7,11,15-19,25H,1,8-10,12-14H2,2-3H3/b15-11-,23-22-,24-5+. The van der Waals surface area contributed by atoms with Crippen molar-refractivity contribution in [1.29, 1.82) is 0 Å². The molecule has 26 heavy (non-hydrogen) atoms. The fourth-order valence-corrected chi connectivity index (χ4v) is 3.36. The predicted molar refractivity (Wildman–Crippen MR) is 111 cm³/mol. The lowest BCUT2D eigenvalue weighted by atomic mass is 9.94. The van der Waals surface area contributed by atoms with E-state index < -0.39 is 0 Å². The average Bonchev–Trinajstić information content (AvgIpc) is 2.96. The highest BCUT2D eigenvalue weighted by molar-refractivity contribution is 5.70. The lowest BCUT2D eigenvalue weighted by Crippen LogP contribution is -2.26. The van der Waals surface area contributed by atoms with Gasteiger partial charge >= 0.3 is 0 Å². The van der Waals surface area contributed by atoms with E-state index in [1.807, 2.05) is 31.2 Å². The minimum Gasteiger partial charge on any atom is -0.508 e. The van der Waals surface area contributed by atoms with E-state index in [2.05, 4.69) is 30.5 Å². The molecule has 1 aliphatic rings. The van der Waals surface area contributed by atoms with Crippen molar-refractivity contribution in [1.82, 2.24) is 0 Å². The van der Waals surface area contributed by atoms with Crippen LogP contribution in [-0.4, -0.2) is 12.2 Å². The number of methoxy groups -OCH3 is 1. The Morgan fingerprint density at radius 1 is 1.31 bits per heavy atom. The smallest absolute Gasteiger partial charge is 0.119 e. The van der Waals surface area contributed by atoms with Crippen LogP contribution in [0.2, 0.25) is 0 Å². The molecule has 1 aromatic carbocycles. The van der Waals surface area contributed by atoms with E-state index in [4.69, 9.17) is 4.74 Å². The maximum absolute atomic E-state index is 10.4. The van der Waals surface area contributed by atoms with Gasteiger partial charge in [0.25, 0.3) is 0 Å². The van der Waals surface area contributed by atoms with Crippen LogP contribution in [0.4, 0.5) is 0 Å². The summed E-state index contributed by atoms with van der Waals surface area (Å²) >= 11 is 0. The molecule has 1 N–H and O–H groups in total. The normalized spacial score (nSPS) is 17.1. The number of allylic oxidation sites excluding steroid dienone is 5. The van der Waals surface area contributed by atoms with E-state index in [0.717, 1.165) is 34.1 Å². The highest BCUT2D eigenvalue weighted by Crippen LogP contribution is 2.23. The fraction of sp³-hybridized carbons (Fsp3) is 0.375. The molecule has 0 atom stereocenters. The summed E-state index contributed by atoms with van der Waals surface area (Å²) in [4.78, 5) is 0. The Morgan fingerprint density at radius 3 is 2.65 bits per heavy atom. The first-order chi connectivity index (χ1) is 12.7. The Bertz CT molecular complexity index is 810. The number of benzene rings is 1. The summed E-state index contributed by atoms with van der Waals surface area (Å²) in [5.74, 6) is 1.80. The minimum absolute atomic E-state index is 0.254. The second-order valence-electron chi connectivity index (χ2n) is 6.65. The van der Waals surface area contributed by atoms with Crippen LogP contribution in [0.3, 0.4) is 0 Å². The van der Waals surface area contributed by atoms with Crippen LogP contribution in [-0.2, 0) is 0 Å². The average molecular weight is 351 g/mol. The fourth-order valence-electron chi connectivity index (χ4n) is 3.36. The van der Waals surface area contributed by atoms with Crippen molar-refractivity contribution in [2.75, 3.05) is 7.11 Å². The van der Waals surface area contributed by atoms with Gasteiger partial charge in [0.15, 0.2) is 0 Å². The number of rotatable bonds is 6. The summed E-state index contributed by atoms with van der Waals surface area (Å²) in [6.07, 6.45) is 17.7. The second-order valence-corrected chi connectivity index (χ2v) is 6.65. The lowest BCUT2D eigenvalue weighted by Gasteiger charge is -2.12. The largest absolute Gasteiger partial charge is 0.508 e. The predicted octanol–water partition coefficient (Wildman–Crippen LogP) is 4.96. The number of hydrogen-bond acceptors (Lipinski definition) is 2. The van der Waals surface area contributed by atoms with Crippen molar-refractivity contribution in [3.8, 4) is 5.75 Å². The van der Waals surface area contributed by atoms with Crippen LogP contribution >= 0.6 is 0 Å². The zero-order valence-corrected chi connectivity index (χ0v) is 16.0. The molecule has 0 radical (unpaired) electrons. The first-order valence-corrected chi connectivity index (χ1v) is 9.45. The van der Waals surface area contributed by atoms with E-state index in [0.29, 0.717) is 0 Å². The van der Waals surface area contributed by atoms with Crippen molar-refractivity contribution >= 4 is 11.3 Å². The maximum Gasteiger partial charge on any atom is 0.119 e. The maximum atomic E-state index is 10.4. The van der Waals surface area contributed by atoms with Gasteiger partial charge in [0, 0.05) is 16.0 Å². The summed E-state index contributed by atoms with van der Waals surface area (Å²) in [6, 6.07) is 5.71. The zero-order chi connectivity index (χ0) is 18.8. The SMILES string of the molecule is C=C=c1ccc(OC)c/c1=C(\C=C/CCC1CCC=CCC1)C(/O)=C\C. The Hall–Kier alpha value is -2.44. The number of ether oxygens (including phenoxy) is 1. The van der Waals surface area contributed by atoms with Gasteiger partial charge in [-0.1, -0.05) is 30.9 Å². The molecule has 0 aliphatic heterocycles. The minimum atomic E-state index is 0.254. The summed E-state index contributed by atoms with van der Waals surface area (Å²) < 4.78 is 5.34. The quantitative estimate of drug-likeness (QED) is 0.581. The molecule has 0 saturated heterocycles. The van der Waals surface area contributed by atoms with E-state index in [1.165, 1.54) is 32.1 Å². The molecule has 0 unspecified atom stereocenters. The summed E-state index contributed by atoms with van der Waals surface area (Å²) in [7, 11) is 1.64. The van der Waals surface area contributed by atoms with Crippen LogP contribution < -0.4 is 15.2 Å². The second kappa shape index (κ2) is 10.5. The summed E-state index contributed by atoms with van der Waals surface area (Å²) in [5, 5.41) is 12.2. The van der Waals surface area contributed by atoms with Crippen molar-refractivity contribution in [3.05, 3.63) is 71.4 Å². The molecule has 2 rings (SSSR count). The zero-order valence-electron chi connectivity index (χ0n) is 16.0. The Morgan fingerprint density at radius 2 is 2.04 bits per heavy atom. The topological polar surface area (TPSA) is 29.5 Å². The van der Waals surface area contributed by atoms with Crippen LogP contribution in [0.25, 0.3) is 11.3 Å². The molecule has 2 heteroatoms. The molecule has 0 amide bonds. The van der Waals surface area contributed by atoms with Gasteiger partial charge in [0.1, 0.15) is 11.5 Å². The van der Waals surface area contributed by atoms with Gasteiger partial charge in [-0.05, 0) is 75.6 Å². The van der Waals surface area contributed by atoms with Crippen LogP contribution in [0.5, 0.6) is 5.75 Å². The third-order valence-electron chi connectivity index (χ3n) is 4.93. The molecule has 0 fully saturated rings. The van der Waals surface area contributed by atoms with Crippen molar-refractivity contribution < 1.29 is 9.84 Å². The Kier molecular flexibility index (Phi) is 8.05. The molecule has 2 nitrogen and oxygen atoms in total.